The van der Waals surface area contributed by atoms with Crippen LogP contribution in [-0.2, 0) is 9.47 Å². The van der Waals surface area contributed by atoms with E-state index in [1.807, 2.05) is 27.7 Å². The molecule has 0 aromatic carbocycles. The summed E-state index contributed by atoms with van der Waals surface area (Å²) in [6, 6.07) is 0. The molecule has 1 heterocycles. The molecular formula is C13H26O5. The van der Waals surface area contributed by atoms with Gasteiger partial charge in [-0.05, 0) is 11.8 Å². The molecule has 1 unspecified atom stereocenters. The van der Waals surface area contributed by atoms with Gasteiger partial charge in [0.05, 0.1) is 12.7 Å². The monoisotopic (exact) mass is 262 g/mol. The second-order valence-electron chi connectivity index (χ2n) is 5.79. The zero-order valence-corrected chi connectivity index (χ0v) is 11.6. The molecule has 0 amide bonds. The first-order chi connectivity index (χ1) is 8.34. The van der Waals surface area contributed by atoms with Crippen molar-refractivity contribution in [3.05, 3.63) is 0 Å². The van der Waals surface area contributed by atoms with Crippen molar-refractivity contribution < 1.29 is 24.8 Å². The first kappa shape index (κ1) is 15.9. The Morgan fingerprint density at radius 1 is 1.00 bits per heavy atom. The first-order valence-corrected chi connectivity index (χ1v) is 6.62. The van der Waals surface area contributed by atoms with Crippen molar-refractivity contribution in [1.29, 1.82) is 0 Å². The minimum atomic E-state index is -1.18. The van der Waals surface area contributed by atoms with Crippen molar-refractivity contribution in [2.45, 2.75) is 58.2 Å². The summed E-state index contributed by atoms with van der Waals surface area (Å²) in [5.41, 5.74) is 0. The van der Waals surface area contributed by atoms with Crippen LogP contribution in [0.5, 0.6) is 0 Å². The van der Waals surface area contributed by atoms with Gasteiger partial charge in [-0.25, -0.2) is 0 Å². The normalized spacial score (nSPS) is 37.5. The number of rotatable bonds is 5. The number of aliphatic hydroxyl groups excluding tert-OH is 3. The fraction of sp³-hybridized carbons (Fsp3) is 1.00. The molecule has 5 heteroatoms. The molecule has 1 rings (SSSR count). The Labute approximate surface area is 109 Å². The van der Waals surface area contributed by atoms with Crippen LogP contribution in [-0.4, -0.2) is 59.1 Å². The lowest BCUT2D eigenvalue weighted by molar-refractivity contribution is -0.242. The second-order valence-corrected chi connectivity index (χ2v) is 5.79. The summed E-state index contributed by atoms with van der Waals surface area (Å²) in [4.78, 5) is 0. The van der Waals surface area contributed by atoms with Gasteiger partial charge in [-0.2, -0.15) is 0 Å². The maximum absolute atomic E-state index is 9.86. The number of hydrogen-bond acceptors (Lipinski definition) is 5. The van der Waals surface area contributed by atoms with E-state index in [0.717, 1.165) is 0 Å². The number of ether oxygens (including phenoxy) is 2. The zero-order valence-electron chi connectivity index (χ0n) is 11.6. The Morgan fingerprint density at radius 2 is 1.61 bits per heavy atom. The lowest BCUT2D eigenvalue weighted by atomic mass is 9.89. The van der Waals surface area contributed by atoms with E-state index in [2.05, 4.69) is 0 Å². The van der Waals surface area contributed by atoms with Gasteiger partial charge in [0.25, 0.3) is 0 Å². The molecule has 0 saturated carbocycles. The fourth-order valence-corrected chi connectivity index (χ4v) is 2.09. The lowest BCUT2D eigenvalue weighted by Gasteiger charge is -2.42. The van der Waals surface area contributed by atoms with Crippen LogP contribution >= 0.6 is 0 Å². The zero-order chi connectivity index (χ0) is 13.9. The standard InChI is InChI=1S/C13H26O5/c1-7(2)5-17-6-9-10(14)11(15)12(16)13(18-9)8(3)4/h7-16H,5-6H2,1-4H3/t9-,10-,11+,12-,13?/m1/s1. The van der Waals surface area contributed by atoms with E-state index in [-0.39, 0.29) is 12.5 Å². The predicted octanol–water partition coefficient (Wildman–Crippen LogP) is 0.165. The van der Waals surface area contributed by atoms with E-state index in [4.69, 9.17) is 9.47 Å². The summed E-state index contributed by atoms with van der Waals surface area (Å²) in [5, 5.41) is 29.5. The Bertz CT molecular complexity index is 244. The van der Waals surface area contributed by atoms with Crippen LogP contribution in [0.25, 0.3) is 0 Å². The highest BCUT2D eigenvalue weighted by Gasteiger charge is 2.44. The largest absolute Gasteiger partial charge is 0.388 e. The van der Waals surface area contributed by atoms with Gasteiger partial charge in [-0.15, -0.1) is 0 Å². The van der Waals surface area contributed by atoms with Crippen LogP contribution in [0.4, 0.5) is 0 Å². The van der Waals surface area contributed by atoms with E-state index >= 15 is 0 Å². The van der Waals surface area contributed by atoms with Crippen LogP contribution in [0.15, 0.2) is 0 Å². The third kappa shape index (κ3) is 3.90. The topological polar surface area (TPSA) is 79.2 Å². The Morgan fingerprint density at radius 3 is 2.11 bits per heavy atom. The van der Waals surface area contributed by atoms with Crippen molar-refractivity contribution >= 4 is 0 Å². The number of hydrogen-bond donors (Lipinski definition) is 3. The SMILES string of the molecule is CC(C)COC[C@H]1OC(C(C)C)[C@H](O)[C@@H](O)[C@@H]1O. The predicted molar refractivity (Wildman–Crippen MR) is 67.2 cm³/mol. The van der Waals surface area contributed by atoms with Gasteiger partial charge in [0, 0.05) is 6.61 Å². The van der Waals surface area contributed by atoms with Crippen molar-refractivity contribution in [1.82, 2.24) is 0 Å². The molecule has 3 N–H and O–H groups in total. The van der Waals surface area contributed by atoms with E-state index in [1.54, 1.807) is 0 Å². The molecule has 5 nitrogen and oxygen atoms in total. The highest BCUT2D eigenvalue weighted by molar-refractivity contribution is 4.93. The van der Waals surface area contributed by atoms with Crippen molar-refractivity contribution in [2.75, 3.05) is 13.2 Å². The maximum Gasteiger partial charge on any atom is 0.111 e. The summed E-state index contributed by atoms with van der Waals surface area (Å²) >= 11 is 0. The van der Waals surface area contributed by atoms with Gasteiger partial charge in [0.15, 0.2) is 0 Å². The van der Waals surface area contributed by atoms with Gasteiger partial charge in [0.1, 0.15) is 24.4 Å². The summed E-state index contributed by atoms with van der Waals surface area (Å²) < 4.78 is 11.1. The van der Waals surface area contributed by atoms with Crippen LogP contribution in [0.1, 0.15) is 27.7 Å². The Hall–Kier alpha value is -0.200. The fourth-order valence-electron chi connectivity index (χ4n) is 2.09. The van der Waals surface area contributed by atoms with Gasteiger partial charge in [-0.1, -0.05) is 27.7 Å². The first-order valence-electron chi connectivity index (χ1n) is 6.62. The van der Waals surface area contributed by atoms with Gasteiger partial charge >= 0.3 is 0 Å². The van der Waals surface area contributed by atoms with Gasteiger partial charge in [-0.3, -0.25) is 0 Å². The molecule has 1 aliphatic rings. The molecule has 0 radical (unpaired) electrons. The van der Waals surface area contributed by atoms with Crippen LogP contribution in [0.3, 0.4) is 0 Å². The summed E-state index contributed by atoms with van der Waals surface area (Å²) in [6.45, 7) is 8.69. The van der Waals surface area contributed by atoms with E-state index < -0.39 is 30.5 Å². The average Bonchev–Trinajstić information content (AvgIpc) is 2.28. The molecule has 0 aliphatic carbocycles. The van der Waals surface area contributed by atoms with E-state index in [1.165, 1.54) is 0 Å². The molecule has 0 bridgehead atoms. The van der Waals surface area contributed by atoms with Crippen molar-refractivity contribution in [3.8, 4) is 0 Å². The third-order valence-corrected chi connectivity index (χ3v) is 3.14. The Kier molecular flexibility index (Phi) is 6.01. The minimum Gasteiger partial charge on any atom is -0.388 e. The van der Waals surface area contributed by atoms with Crippen LogP contribution < -0.4 is 0 Å². The maximum atomic E-state index is 9.86. The molecule has 108 valence electrons. The van der Waals surface area contributed by atoms with Crippen LogP contribution in [0, 0.1) is 11.8 Å². The van der Waals surface area contributed by atoms with E-state index in [9.17, 15) is 15.3 Å². The van der Waals surface area contributed by atoms with Crippen molar-refractivity contribution in [3.63, 3.8) is 0 Å². The van der Waals surface area contributed by atoms with Gasteiger partial charge in [0.2, 0.25) is 0 Å². The smallest absolute Gasteiger partial charge is 0.111 e. The highest BCUT2D eigenvalue weighted by atomic mass is 16.6. The average molecular weight is 262 g/mol. The molecule has 18 heavy (non-hydrogen) atoms. The Balaban J connectivity index is 2.56. The molecule has 1 aliphatic heterocycles. The minimum absolute atomic E-state index is 0.0646. The summed E-state index contributed by atoms with van der Waals surface area (Å²) in [5.74, 6) is 0.469. The van der Waals surface area contributed by atoms with Gasteiger partial charge < -0.3 is 24.8 Å². The van der Waals surface area contributed by atoms with Crippen molar-refractivity contribution in [2.24, 2.45) is 11.8 Å². The molecule has 0 aromatic rings. The summed E-state index contributed by atoms with van der Waals surface area (Å²) in [6.07, 6.45) is -4.41. The molecular weight excluding hydrogens is 236 g/mol. The molecule has 5 atom stereocenters. The third-order valence-electron chi connectivity index (χ3n) is 3.14. The highest BCUT2D eigenvalue weighted by Crippen LogP contribution is 2.26. The lowest BCUT2D eigenvalue weighted by Crippen LogP contribution is -2.60. The van der Waals surface area contributed by atoms with Crippen LogP contribution in [0.2, 0.25) is 0 Å². The number of aliphatic hydroxyl groups is 3. The quantitative estimate of drug-likeness (QED) is 0.658. The molecule has 1 fully saturated rings. The summed E-state index contributed by atoms with van der Waals surface area (Å²) in [7, 11) is 0. The molecule has 0 aromatic heterocycles. The molecule has 0 spiro atoms. The molecule has 1 saturated heterocycles. The van der Waals surface area contributed by atoms with E-state index in [0.29, 0.717) is 12.5 Å². The second kappa shape index (κ2) is 6.82.